The summed E-state index contributed by atoms with van der Waals surface area (Å²) in [7, 11) is 1.53. The van der Waals surface area contributed by atoms with Gasteiger partial charge in [-0.25, -0.2) is 4.79 Å². The summed E-state index contributed by atoms with van der Waals surface area (Å²) in [6.07, 6.45) is 1.35. The van der Waals surface area contributed by atoms with Crippen molar-refractivity contribution in [1.29, 1.82) is 0 Å². The third kappa shape index (κ3) is 5.40. The molecule has 0 saturated carbocycles. The number of hydrogen-bond acceptors (Lipinski definition) is 5. The van der Waals surface area contributed by atoms with Crippen LogP contribution in [-0.2, 0) is 9.53 Å². The Balaban J connectivity index is 1.96. The Labute approximate surface area is 139 Å². The van der Waals surface area contributed by atoms with E-state index in [1.807, 2.05) is 19.1 Å². The lowest BCUT2D eigenvalue weighted by Gasteiger charge is -2.22. The number of rotatable bonds is 7. The lowest BCUT2D eigenvalue weighted by molar-refractivity contribution is -0.116. The van der Waals surface area contributed by atoms with E-state index in [4.69, 9.17) is 4.74 Å². The van der Waals surface area contributed by atoms with Gasteiger partial charge in [-0.3, -0.25) is 4.79 Å². The molecule has 1 heterocycles. The van der Waals surface area contributed by atoms with Crippen molar-refractivity contribution in [2.75, 3.05) is 37.4 Å². The van der Waals surface area contributed by atoms with E-state index in [0.717, 1.165) is 5.56 Å². The standard InChI is InChI=1S/C16H20N4O4/c1-12-3-5-13(6-4-12)17-16(22)20(8-10-23-2)11-15(21)18-14-7-9-24-19-14/h3-7,9H,8,10-11H2,1-2H3,(H,17,22)(H,18,19,21). The first-order valence-electron chi connectivity index (χ1n) is 7.40. The van der Waals surface area contributed by atoms with Crippen LogP contribution in [0.15, 0.2) is 41.1 Å². The molecule has 8 heteroatoms. The summed E-state index contributed by atoms with van der Waals surface area (Å²) in [5.74, 6) is -0.0790. The summed E-state index contributed by atoms with van der Waals surface area (Å²) >= 11 is 0. The Morgan fingerprint density at radius 3 is 2.58 bits per heavy atom. The molecule has 0 spiro atoms. The number of nitrogens with zero attached hydrogens (tertiary/aromatic N) is 2. The van der Waals surface area contributed by atoms with Gasteiger partial charge in [0.25, 0.3) is 0 Å². The van der Waals surface area contributed by atoms with Crippen molar-refractivity contribution in [2.24, 2.45) is 0 Å². The smallest absolute Gasteiger partial charge is 0.322 e. The van der Waals surface area contributed by atoms with Gasteiger partial charge in [0, 0.05) is 25.4 Å². The maximum atomic E-state index is 12.4. The van der Waals surface area contributed by atoms with Gasteiger partial charge >= 0.3 is 6.03 Å². The molecule has 0 saturated heterocycles. The number of carbonyl (C=O) groups excluding carboxylic acids is 2. The van der Waals surface area contributed by atoms with Crippen LogP contribution in [0.25, 0.3) is 0 Å². The third-order valence-electron chi connectivity index (χ3n) is 3.20. The molecule has 0 unspecified atom stereocenters. The van der Waals surface area contributed by atoms with Crippen molar-refractivity contribution >= 4 is 23.4 Å². The number of urea groups is 1. The molecule has 0 radical (unpaired) electrons. The second-order valence-corrected chi connectivity index (χ2v) is 5.14. The molecular formula is C16H20N4O4. The van der Waals surface area contributed by atoms with E-state index in [1.54, 1.807) is 12.1 Å². The Hall–Kier alpha value is -2.87. The van der Waals surface area contributed by atoms with Crippen LogP contribution in [0.4, 0.5) is 16.3 Å². The van der Waals surface area contributed by atoms with Gasteiger partial charge in [0.05, 0.1) is 6.61 Å². The molecule has 0 atom stereocenters. The van der Waals surface area contributed by atoms with Crippen LogP contribution >= 0.6 is 0 Å². The first-order valence-corrected chi connectivity index (χ1v) is 7.40. The Kier molecular flexibility index (Phi) is 6.32. The van der Waals surface area contributed by atoms with Crippen LogP contribution in [0.1, 0.15) is 5.56 Å². The zero-order valence-electron chi connectivity index (χ0n) is 13.6. The quantitative estimate of drug-likeness (QED) is 0.809. The molecule has 3 amide bonds. The number of carbonyl (C=O) groups is 2. The molecule has 0 aliphatic rings. The molecule has 128 valence electrons. The van der Waals surface area contributed by atoms with Gasteiger partial charge < -0.3 is 24.8 Å². The number of methoxy groups -OCH3 is 1. The van der Waals surface area contributed by atoms with Gasteiger partial charge in [-0.15, -0.1) is 0 Å². The number of anilines is 2. The minimum atomic E-state index is -0.383. The van der Waals surface area contributed by atoms with E-state index in [1.165, 1.54) is 24.3 Å². The van der Waals surface area contributed by atoms with Crippen molar-refractivity contribution in [3.63, 3.8) is 0 Å². The molecule has 2 aromatic rings. The minimum absolute atomic E-state index is 0.131. The lowest BCUT2D eigenvalue weighted by Crippen LogP contribution is -2.42. The number of aromatic nitrogens is 1. The average Bonchev–Trinajstić information content (AvgIpc) is 3.06. The Morgan fingerprint density at radius 1 is 1.21 bits per heavy atom. The summed E-state index contributed by atoms with van der Waals surface area (Å²) in [6.45, 7) is 2.43. The summed E-state index contributed by atoms with van der Waals surface area (Å²) in [4.78, 5) is 25.8. The fraction of sp³-hybridized carbons (Fsp3) is 0.312. The summed E-state index contributed by atoms with van der Waals surface area (Å²) < 4.78 is 9.64. The van der Waals surface area contributed by atoms with Gasteiger partial charge in [0.15, 0.2) is 5.82 Å². The highest BCUT2D eigenvalue weighted by Gasteiger charge is 2.18. The summed E-state index contributed by atoms with van der Waals surface area (Å²) in [6, 6.07) is 8.53. The Bertz CT molecular complexity index is 655. The topological polar surface area (TPSA) is 96.7 Å². The zero-order valence-corrected chi connectivity index (χ0v) is 13.6. The molecular weight excluding hydrogens is 312 g/mol. The molecule has 2 N–H and O–H groups in total. The lowest BCUT2D eigenvalue weighted by atomic mass is 10.2. The fourth-order valence-electron chi connectivity index (χ4n) is 1.93. The maximum absolute atomic E-state index is 12.4. The molecule has 24 heavy (non-hydrogen) atoms. The summed E-state index contributed by atoms with van der Waals surface area (Å²) in [5, 5.41) is 8.90. The highest BCUT2D eigenvalue weighted by Crippen LogP contribution is 2.10. The van der Waals surface area contributed by atoms with Crippen LogP contribution in [0.2, 0.25) is 0 Å². The first-order chi connectivity index (χ1) is 11.6. The van der Waals surface area contributed by atoms with Crippen LogP contribution in [0.3, 0.4) is 0 Å². The molecule has 1 aromatic carbocycles. The second kappa shape index (κ2) is 8.68. The van der Waals surface area contributed by atoms with E-state index in [-0.39, 0.29) is 25.0 Å². The van der Waals surface area contributed by atoms with Gasteiger partial charge in [-0.2, -0.15) is 0 Å². The van der Waals surface area contributed by atoms with Crippen LogP contribution in [0.5, 0.6) is 0 Å². The SMILES string of the molecule is COCCN(CC(=O)Nc1ccon1)C(=O)Nc1ccc(C)cc1. The van der Waals surface area contributed by atoms with E-state index < -0.39 is 0 Å². The summed E-state index contributed by atoms with van der Waals surface area (Å²) in [5.41, 5.74) is 1.75. The maximum Gasteiger partial charge on any atom is 0.322 e. The molecule has 0 bridgehead atoms. The second-order valence-electron chi connectivity index (χ2n) is 5.14. The monoisotopic (exact) mass is 332 g/mol. The van der Waals surface area contributed by atoms with Crippen molar-refractivity contribution in [3.8, 4) is 0 Å². The van der Waals surface area contributed by atoms with E-state index in [9.17, 15) is 9.59 Å². The highest BCUT2D eigenvalue weighted by molar-refractivity contribution is 5.96. The molecule has 2 rings (SSSR count). The number of nitrogens with one attached hydrogen (secondary N) is 2. The predicted octanol–water partition coefficient (Wildman–Crippen LogP) is 2.10. The van der Waals surface area contributed by atoms with Gasteiger partial charge in [-0.05, 0) is 19.1 Å². The van der Waals surface area contributed by atoms with E-state index >= 15 is 0 Å². The van der Waals surface area contributed by atoms with Gasteiger partial charge in [-0.1, -0.05) is 22.9 Å². The minimum Gasteiger partial charge on any atom is -0.383 e. The van der Waals surface area contributed by atoms with Crippen LogP contribution in [-0.4, -0.2) is 48.8 Å². The first kappa shape index (κ1) is 17.5. The van der Waals surface area contributed by atoms with Crippen molar-refractivity contribution in [2.45, 2.75) is 6.92 Å². The van der Waals surface area contributed by atoms with Crippen LogP contribution in [0, 0.1) is 6.92 Å². The average molecular weight is 332 g/mol. The number of aryl methyl sites for hydroxylation is 1. The predicted molar refractivity (Wildman–Crippen MR) is 88.8 cm³/mol. The number of ether oxygens (including phenoxy) is 1. The van der Waals surface area contributed by atoms with Gasteiger partial charge in [0.1, 0.15) is 12.8 Å². The largest absolute Gasteiger partial charge is 0.383 e. The van der Waals surface area contributed by atoms with E-state index in [0.29, 0.717) is 18.1 Å². The highest BCUT2D eigenvalue weighted by atomic mass is 16.5. The molecule has 0 aliphatic carbocycles. The fourth-order valence-corrected chi connectivity index (χ4v) is 1.93. The van der Waals surface area contributed by atoms with Crippen molar-refractivity contribution in [3.05, 3.63) is 42.2 Å². The van der Waals surface area contributed by atoms with Crippen molar-refractivity contribution < 1.29 is 18.8 Å². The molecule has 0 aliphatic heterocycles. The molecule has 0 fully saturated rings. The van der Waals surface area contributed by atoms with E-state index in [2.05, 4.69) is 20.3 Å². The number of hydrogen-bond donors (Lipinski definition) is 2. The normalized spacial score (nSPS) is 10.2. The number of benzene rings is 1. The molecule has 8 nitrogen and oxygen atoms in total. The van der Waals surface area contributed by atoms with Crippen molar-refractivity contribution in [1.82, 2.24) is 10.1 Å². The number of amides is 3. The van der Waals surface area contributed by atoms with Crippen LogP contribution < -0.4 is 10.6 Å². The third-order valence-corrected chi connectivity index (χ3v) is 3.20. The molecule has 1 aromatic heterocycles. The Morgan fingerprint density at radius 2 is 1.96 bits per heavy atom. The van der Waals surface area contributed by atoms with Gasteiger partial charge in [0.2, 0.25) is 5.91 Å². The zero-order chi connectivity index (χ0) is 17.4.